The predicted molar refractivity (Wildman–Crippen MR) is 87.9 cm³/mol. The highest BCUT2D eigenvalue weighted by molar-refractivity contribution is 7.12. The maximum Gasteiger partial charge on any atom is 0.258 e. The average molecular weight is 325 g/mol. The standard InChI is InChI=1S/C13H19N5OS2/c1-4-8-5-15-9(20-8)6-16-13-10(11(14)18-21-13)12(19)17-7(2)3/h5,7,16H,4,6H2,1-3H3,(H2,14,18)(H,17,19). The van der Waals surface area contributed by atoms with Crippen molar-refractivity contribution in [1.82, 2.24) is 14.7 Å². The molecule has 4 N–H and O–H groups in total. The van der Waals surface area contributed by atoms with E-state index in [0.29, 0.717) is 17.1 Å². The zero-order valence-corrected chi connectivity index (χ0v) is 13.9. The van der Waals surface area contributed by atoms with Gasteiger partial charge in [0.05, 0.1) is 6.54 Å². The minimum Gasteiger partial charge on any atom is -0.382 e. The molecule has 0 unspecified atom stereocenters. The molecule has 0 saturated carbocycles. The summed E-state index contributed by atoms with van der Waals surface area (Å²) in [5.41, 5.74) is 6.22. The third kappa shape index (κ3) is 3.92. The van der Waals surface area contributed by atoms with Gasteiger partial charge in [-0.05, 0) is 31.8 Å². The van der Waals surface area contributed by atoms with Gasteiger partial charge in [0.1, 0.15) is 15.6 Å². The van der Waals surface area contributed by atoms with E-state index in [1.807, 2.05) is 20.0 Å². The molecule has 0 aromatic carbocycles. The number of amides is 1. The first-order valence-corrected chi connectivity index (χ1v) is 8.33. The van der Waals surface area contributed by atoms with Gasteiger partial charge in [0, 0.05) is 17.1 Å². The summed E-state index contributed by atoms with van der Waals surface area (Å²) in [5, 5.41) is 7.70. The Labute approximate surface area is 132 Å². The molecular weight excluding hydrogens is 306 g/mol. The molecule has 0 saturated heterocycles. The Morgan fingerprint density at radius 2 is 2.24 bits per heavy atom. The maximum absolute atomic E-state index is 12.1. The summed E-state index contributed by atoms with van der Waals surface area (Å²) in [7, 11) is 0. The van der Waals surface area contributed by atoms with Crippen molar-refractivity contribution in [3.63, 3.8) is 0 Å². The van der Waals surface area contributed by atoms with Crippen LogP contribution in [0.25, 0.3) is 0 Å². The van der Waals surface area contributed by atoms with Crippen LogP contribution in [0.4, 0.5) is 10.8 Å². The van der Waals surface area contributed by atoms with E-state index >= 15 is 0 Å². The van der Waals surface area contributed by atoms with Crippen molar-refractivity contribution in [2.75, 3.05) is 11.1 Å². The second-order valence-corrected chi connectivity index (χ2v) is 6.80. The van der Waals surface area contributed by atoms with Crippen LogP contribution >= 0.6 is 22.9 Å². The van der Waals surface area contributed by atoms with Crippen LogP contribution in [-0.4, -0.2) is 21.3 Å². The zero-order valence-electron chi connectivity index (χ0n) is 12.3. The number of aryl methyl sites for hydroxylation is 1. The van der Waals surface area contributed by atoms with E-state index < -0.39 is 0 Å². The molecule has 2 rings (SSSR count). The monoisotopic (exact) mass is 325 g/mol. The first-order valence-electron chi connectivity index (χ1n) is 6.74. The SMILES string of the molecule is CCc1cnc(CNc2snc(N)c2C(=O)NC(C)C)s1. The van der Waals surface area contributed by atoms with Crippen LogP contribution in [-0.2, 0) is 13.0 Å². The highest BCUT2D eigenvalue weighted by Crippen LogP contribution is 2.27. The Morgan fingerprint density at radius 3 is 2.86 bits per heavy atom. The Bertz CT molecular complexity index is 620. The number of nitrogens with zero attached hydrogens (tertiary/aromatic N) is 2. The Hall–Kier alpha value is -1.67. The van der Waals surface area contributed by atoms with Crippen LogP contribution in [0.2, 0.25) is 0 Å². The molecule has 8 heteroatoms. The summed E-state index contributed by atoms with van der Waals surface area (Å²) in [4.78, 5) is 17.7. The van der Waals surface area contributed by atoms with Crippen LogP contribution in [0.5, 0.6) is 0 Å². The third-order valence-corrected chi connectivity index (χ3v) is 4.68. The first-order chi connectivity index (χ1) is 10.0. The van der Waals surface area contributed by atoms with Crippen molar-refractivity contribution >= 4 is 39.6 Å². The molecule has 0 aliphatic rings. The number of nitrogen functional groups attached to an aromatic ring is 1. The molecule has 2 heterocycles. The van der Waals surface area contributed by atoms with Gasteiger partial charge >= 0.3 is 0 Å². The van der Waals surface area contributed by atoms with Gasteiger partial charge in [-0.3, -0.25) is 4.79 Å². The largest absolute Gasteiger partial charge is 0.382 e. The predicted octanol–water partition coefficient (Wildman–Crippen LogP) is 2.49. The fourth-order valence-electron chi connectivity index (χ4n) is 1.73. The van der Waals surface area contributed by atoms with Gasteiger partial charge in [-0.25, -0.2) is 4.98 Å². The molecule has 0 aliphatic heterocycles. The molecule has 0 spiro atoms. The average Bonchev–Trinajstić information content (AvgIpc) is 3.01. The molecule has 2 aromatic heterocycles. The molecule has 6 nitrogen and oxygen atoms in total. The summed E-state index contributed by atoms with van der Waals surface area (Å²) in [6, 6.07) is 0.0516. The van der Waals surface area contributed by atoms with Crippen LogP contribution in [0.1, 0.15) is 41.0 Å². The summed E-state index contributed by atoms with van der Waals surface area (Å²) in [5.74, 6) is 0.0566. The van der Waals surface area contributed by atoms with Gasteiger partial charge in [0.15, 0.2) is 5.82 Å². The molecule has 21 heavy (non-hydrogen) atoms. The summed E-state index contributed by atoms with van der Waals surface area (Å²) >= 11 is 2.86. The van der Waals surface area contributed by atoms with Crippen molar-refractivity contribution in [3.05, 3.63) is 21.6 Å². The fourth-order valence-corrected chi connectivity index (χ4v) is 3.23. The molecule has 1 amide bonds. The molecule has 0 radical (unpaired) electrons. The highest BCUT2D eigenvalue weighted by Gasteiger charge is 2.19. The number of hydrogen-bond acceptors (Lipinski definition) is 7. The zero-order chi connectivity index (χ0) is 15.4. The summed E-state index contributed by atoms with van der Waals surface area (Å²) in [6.45, 7) is 6.48. The van der Waals surface area contributed by atoms with Crippen molar-refractivity contribution in [2.24, 2.45) is 0 Å². The number of carbonyl (C=O) groups excluding carboxylic acids is 1. The van der Waals surface area contributed by atoms with Crippen molar-refractivity contribution in [3.8, 4) is 0 Å². The van der Waals surface area contributed by atoms with E-state index in [0.717, 1.165) is 11.4 Å². The van der Waals surface area contributed by atoms with Gasteiger partial charge in [0.25, 0.3) is 5.91 Å². The Kier molecular flexibility index (Phi) is 5.13. The number of nitrogens with two attached hydrogens (primary N) is 1. The van der Waals surface area contributed by atoms with E-state index in [-0.39, 0.29) is 17.8 Å². The van der Waals surface area contributed by atoms with E-state index in [1.165, 1.54) is 16.4 Å². The number of thiazole rings is 1. The number of rotatable bonds is 6. The Balaban J connectivity index is 2.08. The fraction of sp³-hybridized carbons (Fsp3) is 0.462. The maximum atomic E-state index is 12.1. The molecule has 114 valence electrons. The first kappa shape index (κ1) is 15.7. The van der Waals surface area contributed by atoms with Crippen molar-refractivity contribution < 1.29 is 4.79 Å². The van der Waals surface area contributed by atoms with E-state index in [9.17, 15) is 4.79 Å². The number of carbonyl (C=O) groups is 1. The molecule has 0 bridgehead atoms. The second kappa shape index (κ2) is 6.86. The second-order valence-electron chi connectivity index (χ2n) is 4.83. The minimum absolute atomic E-state index is 0.0516. The smallest absolute Gasteiger partial charge is 0.258 e. The third-order valence-electron chi connectivity index (χ3n) is 2.72. The van der Waals surface area contributed by atoms with Crippen LogP contribution in [0, 0.1) is 0 Å². The molecule has 0 fully saturated rings. The van der Waals surface area contributed by atoms with Gasteiger partial charge in [0.2, 0.25) is 0 Å². The molecular formula is C13H19N5OS2. The van der Waals surface area contributed by atoms with Gasteiger partial charge in [-0.2, -0.15) is 4.37 Å². The number of hydrogen-bond donors (Lipinski definition) is 3. The summed E-state index contributed by atoms with van der Waals surface area (Å²) in [6.07, 6.45) is 2.86. The van der Waals surface area contributed by atoms with Crippen LogP contribution < -0.4 is 16.4 Å². The highest BCUT2D eigenvalue weighted by atomic mass is 32.1. The lowest BCUT2D eigenvalue weighted by atomic mass is 10.2. The van der Waals surface area contributed by atoms with Gasteiger partial charge in [-0.1, -0.05) is 6.92 Å². The molecule has 0 aliphatic carbocycles. The van der Waals surface area contributed by atoms with Crippen molar-refractivity contribution in [1.29, 1.82) is 0 Å². The summed E-state index contributed by atoms with van der Waals surface area (Å²) < 4.78 is 4.06. The minimum atomic E-state index is -0.202. The number of nitrogens with one attached hydrogen (secondary N) is 2. The Morgan fingerprint density at radius 1 is 1.48 bits per heavy atom. The number of anilines is 2. The van der Waals surface area contributed by atoms with Gasteiger partial charge in [-0.15, -0.1) is 11.3 Å². The lowest BCUT2D eigenvalue weighted by molar-refractivity contribution is 0.0945. The molecule has 0 atom stereocenters. The topological polar surface area (TPSA) is 92.9 Å². The van der Waals surface area contributed by atoms with E-state index in [1.54, 1.807) is 11.3 Å². The van der Waals surface area contributed by atoms with Crippen molar-refractivity contribution in [2.45, 2.75) is 39.8 Å². The number of aromatic nitrogens is 2. The van der Waals surface area contributed by atoms with Crippen LogP contribution in [0.15, 0.2) is 6.20 Å². The van der Waals surface area contributed by atoms with Crippen LogP contribution in [0.3, 0.4) is 0 Å². The van der Waals surface area contributed by atoms with E-state index in [4.69, 9.17) is 5.73 Å². The molecule has 2 aromatic rings. The lowest BCUT2D eigenvalue weighted by Gasteiger charge is -2.09. The lowest BCUT2D eigenvalue weighted by Crippen LogP contribution is -2.30. The normalized spacial score (nSPS) is 10.9. The van der Waals surface area contributed by atoms with Gasteiger partial charge < -0.3 is 16.4 Å². The van der Waals surface area contributed by atoms with E-state index in [2.05, 4.69) is 26.9 Å². The quantitative estimate of drug-likeness (QED) is 0.759.